The summed E-state index contributed by atoms with van der Waals surface area (Å²) in [5, 5.41) is 10.6. The van der Waals surface area contributed by atoms with E-state index in [-0.39, 0.29) is 15.6 Å². The van der Waals surface area contributed by atoms with Crippen LogP contribution in [0.1, 0.15) is 16.1 Å². The maximum atomic E-state index is 12.7. The fourth-order valence-electron chi connectivity index (χ4n) is 1.87. The lowest BCUT2D eigenvalue weighted by atomic mass is 10.2. The number of nitro groups is 1. The number of furan rings is 1. The predicted octanol–water partition coefficient (Wildman–Crippen LogP) is 3.57. The Bertz CT molecular complexity index is 966. The van der Waals surface area contributed by atoms with Gasteiger partial charge < -0.3 is 4.42 Å². The van der Waals surface area contributed by atoms with E-state index in [4.69, 9.17) is 4.42 Å². The van der Waals surface area contributed by atoms with Crippen molar-refractivity contribution in [3.63, 3.8) is 0 Å². The topological polar surface area (TPSA) is 110 Å². The second kappa shape index (κ2) is 6.05. The van der Waals surface area contributed by atoms with Crippen molar-refractivity contribution in [3.8, 4) is 0 Å². The molecule has 0 spiro atoms. The van der Waals surface area contributed by atoms with Crippen molar-refractivity contribution in [1.82, 2.24) is 10.4 Å². The minimum atomic E-state index is -4.46. The van der Waals surface area contributed by atoms with Crippen LogP contribution in [0.25, 0.3) is 10.2 Å². The molecule has 0 aliphatic carbocycles. The van der Waals surface area contributed by atoms with E-state index in [1.54, 1.807) is 0 Å². The molecule has 1 aromatic carbocycles. The molecule has 0 radical (unpaired) electrons. The van der Waals surface area contributed by atoms with Gasteiger partial charge in [0.05, 0.1) is 21.8 Å². The van der Waals surface area contributed by atoms with Gasteiger partial charge in [0.2, 0.25) is 10.9 Å². The maximum Gasteiger partial charge on any atom is 0.433 e. The normalized spacial score (nSPS) is 11.5. The van der Waals surface area contributed by atoms with Gasteiger partial charge in [-0.3, -0.25) is 25.8 Å². The van der Waals surface area contributed by atoms with Crippen molar-refractivity contribution >= 4 is 38.5 Å². The number of hydrazine groups is 1. The molecule has 8 nitrogen and oxygen atoms in total. The van der Waals surface area contributed by atoms with E-state index in [2.05, 4.69) is 15.8 Å². The Balaban J connectivity index is 1.72. The predicted molar refractivity (Wildman–Crippen MR) is 81.1 cm³/mol. The summed E-state index contributed by atoms with van der Waals surface area (Å²) >= 11 is 0.899. The highest BCUT2D eigenvalue weighted by atomic mass is 32.1. The monoisotopic (exact) mass is 372 g/mol. The number of nitrogens with one attached hydrogen (secondary N) is 2. The highest BCUT2D eigenvalue weighted by molar-refractivity contribution is 7.22. The SMILES string of the molecule is O=C(NNc1nc2ccc(C(F)(F)F)cc2s1)c1ccc([N+](=O)[O-])o1. The van der Waals surface area contributed by atoms with Crippen molar-refractivity contribution in [3.05, 3.63) is 51.8 Å². The highest BCUT2D eigenvalue weighted by Gasteiger charge is 2.30. The number of hydrogen-bond donors (Lipinski definition) is 2. The molecule has 0 atom stereocenters. The number of fused-ring (bicyclic) bond motifs is 1. The molecule has 0 bridgehead atoms. The molecule has 0 fully saturated rings. The van der Waals surface area contributed by atoms with Crippen LogP contribution in [0, 0.1) is 10.1 Å². The number of aromatic nitrogens is 1. The zero-order valence-corrected chi connectivity index (χ0v) is 12.8. The van der Waals surface area contributed by atoms with E-state index in [1.807, 2.05) is 0 Å². The molecule has 0 aliphatic heterocycles. The summed E-state index contributed by atoms with van der Waals surface area (Å²) in [5.74, 6) is -1.70. The first-order valence-electron chi connectivity index (χ1n) is 6.52. The summed E-state index contributed by atoms with van der Waals surface area (Å²) in [6.07, 6.45) is -4.46. The van der Waals surface area contributed by atoms with Gasteiger partial charge in [0.15, 0.2) is 0 Å². The lowest BCUT2D eigenvalue weighted by Gasteiger charge is -2.04. The van der Waals surface area contributed by atoms with Gasteiger partial charge in [0, 0.05) is 0 Å². The molecule has 2 aromatic heterocycles. The summed E-state index contributed by atoms with van der Waals surface area (Å²) < 4.78 is 43.0. The number of carbonyl (C=O) groups is 1. The quantitative estimate of drug-likeness (QED) is 0.535. The molecule has 1 amide bonds. The summed E-state index contributed by atoms with van der Waals surface area (Å²) in [4.78, 5) is 25.5. The molecule has 130 valence electrons. The number of alkyl halides is 3. The minimum absolute atomic E-state index is 0.142. The van der Waals surface area contributed by atoms with Crippen LogP contribution < -0.4 is 10.9 Å². The van der Waals surface area contributed by atoms with Gasteiger partial charge in [0.25, 0.3) is 0 Å². The third-order valence-electron chi connectivity index (χ3n) is 2.99. The largest absolute Gasteiger partial charge is 0.433 e. The third kappa shape index (κ3) is 3.52. The first kappa shape index (κ1) is 16.7. The van der Waals surface area contributed by atoms with E-state index in [9.17, 15) is 28.1 Å². The van der Waals surface area contributed by atoms with Gasteiger partial charge in [0.1, 0.15) is 4.92 Å². The van der Waals surface area contributed by atoms with Gasteiger partial charge in [-0.1, -0.05) is 11.3 Å². The number of amides is 1. The molecule has 0 saturated heterocycles. The van der Waals surface area contributed by atoms with Crippen LogP contribution in [0.5, 0.6) is 0 Å². The van der Waals surface area contributed by atoms with E-state index in [1.165, 1.54) is 6.07 Å². The number of thiazole rings is 1. The highest BCUT2D eigenvalue weighted by Crippen LogP contribution is 2.34. The smallest absolute Gasteiger partial charge is 0.395 e. The van der Waals surface area contributed by atoms with Crippen LogP contribution in [-0.4, -0.2) is 15.8 Å². The van der Waals surface area contributed by atoms with Crippen molar-refractivity contribution < 1.29 is 27.3 Å². The average Bonchev–Trinajstić information content (AvgIpc) is 3.17. The number of halogens is 3. The zero-order valence-electron chi connectivity index (χ0n) is 12.0. The van der Waals surface area contributed by atoms with Crippen molar-refractivity contribution in [1.29, 1.82) is 0 Å². The number of rotatable bonds is 4. The van der Waals surface area contributed by atoms with Gasteiger partial charge in [-0.05, 0) is 24.3 Å². The number of hydrogen-bond acceptors (Lipinski definition) is 7. The lowest BCUT2D eigenvalue weighted by molar-refractivity contribution is -0.402. The first-order chi connectivity index (χ1) is 11.7. The molecule has 2 N–H and O–H groups in total. The second-order valence-electron chi connectivity index (χ2n) is 4.67. The first-order valence-corrected chi connectivity index (χ1v) is 7.34. The molecular formula is C13H7F3N4O4S. The fraction of sp³-hybridized carbons (Fsp3) is 0.0769. The number of carbonyl (C=O) groups excluding carboxylic acids is 1. The second-order valence-corrected chi connectivity index (χ2v) is 5.70. The summed E-state index contributed by atoms with van der Waals surface area (Å²) in [7, 11) is 0. The number of nitrogens with zero attached hydrogens (tertiary/aromatic N) is 2. The van der Waals surface area contributed by atoms with E-state index in [0.717, 1.165) is 35.6 Å². The van der Waals surface area contributed by atoms with Gasteiger partial charge in [-0.25, -0.2) is 4.98 Å². The Morgan fingerprint density at radius 1 is 1.28 bits per heavy atom. The minimum Gasteiger partial charge on any atom is -0.395 e. The molecule has 0 aliphatic rings. The van der Waals surface area contributed by atoms with Gasteiger partial charge >= 0.3 is 18.0 Å². The van der Waals surface area contributed by atoms with E-state index >= 15 is 0 Å². The molecule has 25 heavy (non-hydrogen) atoms. The van der Waals surface area contributed by atoms with Crippen LogP contribution in [-0.2, 0) is 6.18 Å². The molecule has 2 heterocycles. The molecule has 3 aromatic rings. The molecule has 3 rings (SSSR count). The van der Waals surface area contributed by atoms with Crippen molar-refractivity contribution in [2.75, 3.05) is 5.43 Å². The Morgan fingerprint density at radius 3 is 2.68 bits per heavy atom. The van der Waals surface area contributed by atoms with Crippen molar-refractivity contribution in [2.24, 2.45) is 0 Å². The standard InChI is InChI=1S/C13H7F3N4O4S/c14-13(15,16)6-1-2-7-9(5-6)25-12(17-7)19-18-11(21)8-3-4-10(24-8)20(22)23/h1-5H,(H,17,19)(H,18,21). The van der Waals surface area contributed by atoms with Gasteiger partial charge in [-0.2, -0.15) is 13.2 Å². The molecular weight excluding hydrogens is 365 g/mol. The van der Waals surface area contributed by atoms with E-state index < -0.39 is 28.5 Å². The van der Waals surface area contributed by atoms with Crippen LogP contribution in [0.2, 0.25) is 0 Å². The number of benzene rings is 1. The zero-order chi connectivity index (χ0) is 18.2. The van der Waals surface area contributed by atoms with Crippen LogP contribution in [0.3, 0.4) is 0 Å². The van der Waals surface area contributed by atoms with Crippen LogP contribution in [0.15, 0.2) is 34.7 Å². The Kier molecular flexibility index (Phi) is 4.04. The van der Waals surface area contributed by atoms with E-state index in [0.29, 0.717) is 5.52 Å². The summed E-state index contributed by atoms with van der Waals surface area (Å²) in [6, 6.07) is 5.22. The van der Waals surface area contributed by atoms with Gasteiger partial charge in [-0.15, -0.1) is 0 Å². The fourth-order valence-corrected chi connectivity index (χ4v) is 2.73. The molecule has 12 heteroatoms. The summed E-state index contributed by atoms with van der Waals surface area (Å²) in [6.45, 7) is 0. The Morgan fingerprint density at radius 2 is 2.04 bits per heavy atom. The summed E-state index contributed by atoms with van der Waals surface area (Å²) in [5.41, 5.74) is 4.14. The Hall–Kier alpha value is -3.15. The van der Waals surface area contributed by atoms with Crippen LogP contribution in [0.4, 0.5) is 24.2 Å². The number of anilines is 1. The lowest BCUT2D eigenvalue weighted by Crippen LogP contribution is -2.28. The maximum absolute atomic E-state index is 12.7. The third-order valence-corrected chi connectivity index (χ3v) is 3.93. The van der Waals surface area contributed by atoms with Crippen LogP contribution >= 0.6 is 11.3 Å². The Labute approximate surface area is 140 Å². The van der Waals surface area contributed by atoms with Crippen molar-refractivity contribution in [2.45, 2.75) is 6.18 Å². The molecule has 0 saturated carbocycles. The molecule has 0 unspecified atom stereocenters. The average molecular weight is 372 g/mol.